The van der Waals surface area contributed by atoms with Crippen LogP contribution in [0.15, 0.2) is 60.8 Å². The molecule has 0 unspecified atom stereocenters. The van der Waals surface area contributed by atoms with Gasteiger partial charge in [-0.2, -0.15) is 0 Å². The molecular weight excluding hydrogens is 383 g/mol. The first-order chi connectivity index (χ1) is 14.4. The van der Waals surface area contributed by atoms with Gasteiger partial charge < -0.3 is 4.90 Å². The minimum absolute atomic E-state index is 0.0650. The number of imidazole rings is 1. The summed E-state index contributed by atoms with van der Waals surface area (Å²) in [4.78, 5) is 31.0. The van der Waals surface area contributed by atoms with Crippen molar-refractivity contribution in [1.82, 2.24) is 14.5 Å². The van der Waals surface area contributed by atoms with Gasteiger partial charge in [-0.3, -0.25) is 19.5 Å². The Balaban J connectivity index is 1.90. The van der Waals surface area contributed by atoms with Crippen LogP contribution in [0.1, 0.15) is 20.8 Å². The van der Waals surface area contributed by atoms with E-state index < -0.39 is 0 Å². The lowest BCUT2D eigenvalue weighted by atomic mass is 10.2. The number of nitrogens with zero attached hydrogens (tertiary/aromatic N) is 3. The predicted molar refractivity (Wildman–Crippen MR) is 115 cm³/mol. The summed E-state index contributed by atoms with van der Waals surface area (Å²) in [7, 11) is 0. The summed E-state index contributed by atoms with van der Waals surface area (Å²) in [5.41, 5.74) is 2.21. The van der Waals surface area contributed by atoms with E-state index in [1.807, 2.05) is 37.3 Å². The molecule has 0 bridgehead atoms. The number of carbonyl (C=O) groups excluding carboxylic acids is 2. The molecule has 1 aromatic heterocycles. The average Bonchev–Trinajstić information content (AvgIpc) is 3.16. The van der Waals surface area contributed by atoms with Crippen molar-refractivity contribution < 1.29 is 14.0 Å². The highest BCUT2D eigenvalue weighted by Gasteiger charge is 2.20. The van der Waals surface area contributed by atoms with Gasteiger partial charge in [-0.15, -0.1) is 0 Å². The average molecular weight is 408 g/mol. The molecule has 3 rings (SSSR count). The molecule has 0 aliphatic carbocycles. The van der Waals surface area contributed by atoms with Crippen LogP contribution in [0.2, 0.25) is 0 Å². The topological polar surface area (TPSA) is 67.2 Å². The fourth-order valence-corrected chi connectivity index (χ4v) is 3.06. The van der Waals surface area contributed by atoms with Crippen molar-refractivity contribution in [3.05, 3.63) is 66.6 Å². The largest absolute Gasteiger partial charge is 0.333 e. The normalized spacial score (nSPS) is 10.8. The van der Waals surface area contributed by atoms with E-state index in [2.05, 4.69) is 10.3 Å². The van der Waals surface area contributed by atoms with Gasteiger partial charge >= 0.3 is 0 Å². The van der Waals surface area contributed by atoms with Crippen LogP contribution in [-0.4, -0.2) is 39.4 Å². The molecule has 3 aromatic rings. The number of aromatic nitrogens is 2. The smallest absolute Gasteiger partial charge is 0.246 e. The van der Waals surface area contributed by atoms with Crippen LogP contribution in [0.5, 0.6) is 0 Å². The molecule has 0 aliphatic heterocycles. The first kappa shape index (κ1) is 21.2. The van der Waals surface area contributed by atoms with Crippen molar-refractivity contribution in [2.45, 2.75) is 20.8 Å². The molecule has 2 amide bonds. The maximum absolute atomic E-state index is 13.4. The number of hydrogen-bond donors (Lipinski definition) is 1. The predicted octanol–water partition coefficient (Wildman–Crippen LogP) is 4.12. The third kappa shape index (κ3) is 4.92. The molecule has 156 valence electrons. The van der Waals surface area contributed by atoms with Gasteiger partial charge in [0.05, 0.1) is 12.2 Å². The Morgan fingerprint density at radius 2 is 1.77 bits per heavy atom. The summed E-state index contributed by atoms with van der Waals surface area (Å²) in [5, 5.41) is 2.80. The Kier molecular flexibility index (Phi) is 6.61. The molecule has 6 nitrogen and oxygen atoms in total. The fraction of sp³-hybridized carbons (Fsp3) is 0.261. The van der Waals surface area contributed by atoms with Gasteiger partial charge in [0.15, 0.2) is 0 Å². The lowest BCUT2D eigenvalue weighted by molar-refractivity contribution is -0.137. The number of anilines is 1. The Bertz CT molecular complexity index is 1010. The zero-order valence-electron chi connectivity index (χ0n) is 17.3. The van der Waals surface area contributed by atoms with Gasteiger partial charge in [-0.05, 0) is 31.2 Å². The molecule has 0 saturated carbocycles. The number of amides is 2. The monoisotopic (exact) mass is 408 g/mol. The van der Waals surface area contributed by atoms with Gasteiger partial charge in [0, 0.05) is 29.9 Å². The highest BCUT2D eigenvalue weighted by Crippen LogP contribution is 2.24. The molecule has 0 fully saturated rings. The van der Waals surface area contributed by atoms with Crippen LogP contribution in [-0.2, 0) is 9.59 Å². The second-order valence-corrected chi connectivity index (χ2v) is 7.22. The first-order valence-corrected chi connectivity index (χ1v) is 9.88. The van der Waals surface area contributed by atoms with Crippen molar-refractivity contribution in [2.75, 3.05) is 18.4 Å². The number of nitrogens with one attached hydrogen (secondary N) is 1. The number of rotatable bonds is 7. The molecule has 1 N–H and O–H groups in total. The molecule has 0 spiro atoms. The molecule has 0 aliphatic rings. The summed E-state index contributed by atoms with van der Waals surface area (Å²) in [6.45, 7) is 5.81. The molecule has 30 heavy (non-hydrogen) atoms. The highest BCUT2D eigenvalue weighted by molar-refractivity contribution is 5.94. The van der Waals surface area contributed by atoms with E-state index in [9.17, 15) is 14.0 Å². The van der Waals surface area contributed by atoms with E-state index in [0.717, 1.165) is 5.56 Å². The zero-order chi connectivity index (χ0) is 21.7. The van der Waals surface area contributed by atoms with Gasteiger partial charge in [0.1, 0.15) is 5.82 Å². The van der Waals surface area contributed by atoms with Crippen LogP contribution in [0.3, 0.4) is 0 Å². The van der Waals surface area contributed by atoms with Crippen LogP contribution in [0.25, 0.3) is 16.9 Å². The second kappa shape index (κ2) is 9.35. The zero-order valence-corrected chi connectivity index (χ0v) is 17.3. The SMILES string of the molecule is CCN(CC(=O)Nc1nc(-c2ccccc2)cn1-c1ccc(F)cc1)C(=O)C(C)C. The molecule has 7 heteroatoms. The van der Waals surface area contributed by atoms with Gasteiger partial charge in [-0.1, -0.05) is 44.2 Å². The second-order valence-electron chi connectivity index (χ2n) is 7.22. The standard InChI is InChI=1S/C23H25FN4O2/c1-4-27(22(30)16(2)3)15-21(29)26-23-25-20(17-8-6-5-7-9-17)14-28(23)19-12-10-18(24)11-13-19/h5-14,16H,4,15H2,1-3H3,(H,25,26,29). The third-order valence-electron chi connectivity index (χ3n) is 4.65. The van der Waals surface area contributed by atoms with E-state index in [0.29, 0.717) is 23.9 Å². The number of likely N-dealkylation sites (N-methyl/N-ethyl adjacent to an activating group) is 1. The number of halogens is 1. The highest BCUT2D eigenvalue weighted by atomic mass is 19.1. The molecule has 2 aromatic carbocycles. The minimum Gasteiger partial charge on any atom is -0.333 e. The molecule has 0 atom stereocenters. The maximum Gasteiger partial charge on any atom is 0.246 e. The lowest BCUT2D eigenvalue weighted by Crippen LogP contribution is -2.40. The van der Waals surface area contributed by atoms with E-state index in [-0.39, 0.29) is 30.1 Å². The van der Waals surface area contributed by atoms with Crippen LogP contribution >= 0.6 is 0 Å². The Hall–Kier alpha value is -3.48. The number of benzene rings is 2. The summed E-state index contributed by atoms with van der Waals surface area (Å²) < 4.78 is 15.1. The van der Waals surface area contributed by atoms with E-state index in [4.69, 9.17) is 0 Å². The van der Waals surface area contributed by atoms with Gasteiger partial charge in [-0.25, -0.2) is 9.37 Å². The first-order valence-electron chi connectivity index (χ1n) is 9.88. The van der Waals surface area contributed by atoms with E-state index in [1.165, 1.54) is 17.0 Å². The summed E-state index contributed by atoms with van der Waals surface area (Å²) in [5.74, 6) is -0.667. The van der Waals surface area contributed by atoms with E-state index in [1.54, 1.807) is 36.7 Å². The lowest BCUT2D eigenvalue weighted by Gasteiger charge is -2.22. The van der Waals surface area contributed by atoms with Crippen molar-refractivity contribution in [3.63, 3.8) is 0 Å². The minimum atomic E-state index is -0.349. The van der Waals surface area contributed by atoms with Crippen LogP contribution in [0.4, 0.5) is 10.3 Å². The third-order valence-corrected chi connectivity index (χ3v) is 4.65. The molecular formula is C23H25FN4O2. The summed E-state index contributed by atoms with van der Waals surface area (Å²) >= 11 is 0. The number of hydrogen-bond acceptors (Lipinski definition) is 3. The fourth-order valence-electron chi connectivity index (χ4n) is 3.06. The van der Waals surface area contributed by atoms with Crippen LogP contribution in [0, 0.1) is 11.7 Å². The Morgan fingerprint density at radius 1 is 1.10 bits per heavy atom. The summed E-state index contributed by atoms with van der Waals surface area (Å²) in [6.07, 6.45) is 1.79. The van der Waals surface area contributed by atoms with Crippen LogP contribution < -0.4 is 5.32 Å². The quantitative estimate of drug-likeness (QED) is 0.639. The van der Waals surface area contributed by atoms with Gasteiger partial charge in [0.2, 0.25) is 17.8 Å². The molecule has 0 saturated heterocycles. The Morgan fingerprint density at radius 3 is 2.37 bits per heavy atom. The van der Waals surface area contributed by atoms with Crippen molar-refractivity contribution in [2.24, 2.45) is 5.92 Å². The Labute approximate surface area is 175 Å². The maximum atomic E-state index is 13.4. The van der Waals surface area contributed by atoms with Crippen molar-refractivity contribution >= 4 is 17.8 Å². The molecule has 0 radical (unpaired) electrons. The number of carbonyl (C=O) groups is 2. The summed E-state index contributed by atoms with van der Waals surface area (Å²) in [6, 6.07) is 15.5. The van der Waals surface area contributed by atoms with E-state index >= 15 is 0 Å². The van der Waals surface area contributed by atoms with Gasteiger partial charge in [0.25, 0.3) is 0 Å². The molecule has 1 heterocycles. The van der Waals surface area contributed by atoms with Crippen molar-refractivity contribution in [3.8, 4) is 16.9 Å². The van der Waals surface area contributed by atoms with Crippen molar-refractivity contribution in [1.29, 1.82) is 0 Å².